The van der Waals surface area contributed by atoms with Crippen molar-refractivity contribution in [3.05, 3.63) is 29.3 Å². The van der Waals surface area contributed by atoms with Gasteiger partial charge in [0.1, 0.15) is 5.75 Å². The number of nitrogens with zero attached hydrogens (tertiary/aromatic N) is 1. The van der Waals surface area contributed by atoms with Crippen molar-refractivity contribution < 1.29 is 24.2 Å². The molecule has 1 aromatic carbocycles. The van der Waals surface area contributed by atoms with Crippen LogP contribution in [-0.2, 0) is 15.3 Å². The summed E-state index contributed by atoms with van der Waals surface area (Å²) in [7, 11) is 2.79. The van der Waals surface area contributed by atoms with Crippen LogP contribution in [0.4, 0.5) is 4.79 Å². The summed E-state index contributed by atoms with van der Waals surface area (Å²) in [6.45, 7) is 1.73. The van der Waals surface area contributed by atoms with Crippen molar-refractivity contribution in [3.63, 3.8) is 0 Å². The van der Waals surface area contributed by atoms with Crippen molar-refractivity contribution in [1.29, 1.82) is 0 Å². The van der Waals surface area contributed by atoms with E-state index in [4.69, 9.17) is 4.74 Å². The minimum atomic E-state index is -1.11. The van der Waals surface area contributed by atoms with Crippen molar-refractivity contribution >= 4 is 29.5 Å². The van der Waals surface area contributed by atoms with Gasteiger partial charge in [0, 0.05) is 17.1 Å². The molecular formula is C14H17N2O5S-. The van der Waals surface area contributed by atoms with Crippen molar-refractivity contribution in [2.75, 3.05) is 20.0 Å². The van der Waals surface area contributed by atoms with Crippen LogP contribution in [0.5, 0.6) is 5.75 Å². The Hall–Kier alpha value is -2.22. The zero-order valence-electron chi connectivity index (χ0n) is 12.5. The number of benzene rings is 1. The molecule has 8 heteroatoms. The molecule has 0 aliphatic rings. The number of nitrogens with one attached hydrogen (secondary N) is 1. The fourth-order valence-electron chi connectivity index (χ4n) is 1.60. The SMILES string of the molecule is COC(=O)N/N=C(/C)c1ccc(OC)c(CSCC(=O)[O-])c1. The molecule has 1 rings (SSSR count). The van der Waals surface area contributed by atoms with Crippen LogP contribution in [0, 0.1) is 0 Å². The maximum absolute atomic E-state index is 11.0. The predicted octanol–water partition coefficient (Wildman–Crippen LogP) is 0.758. The summed E-state index contributed by atoms with van der Waals surface area (Å²) in [6.07, 6.45) is -0.655. The highest BCUT2D eigenvalue weighted by Gasteiger charge is 2.07. The second kappa shape index (κ2) is 8.93. The third-order valence-corrected chi connectivity index (χ3v) is 3.63. The van der Waals surface area contributed by atoms with Crippen LogP contribution in [0.25, 0.3) is 0 Å². The molecule has 0 radical (unpaired) electrons. The fourth-order valence-corrected chi connectivity index (χ4v) is 2.31. The third-order valence-electron chi connectivity index (χ3n) is 2.68. The molecule has 22 heavy (non-hydrogen) atoms. The van der Waals surface area contributed by atoms with Crippen LogP contribution in [0.2, 0.25) is 0 Å². The molecule has 0 aliphatic carbocycles. The lowest BCUT2D eigenvalue weighted by Gasteiger charge is -2.11. The molecule has 0 fully saturated rings. The van der Waals surface area contributed by atoms with Crippen LogP contribution >= 0.6 is 11.8 Å². The van der Waals surface area contributed by atoms with Crippen molar-refractivity contribution in [2.24, 2.45) is 5.10 Å². The van der Waals surface area contributed by atoms with E-state index in [-0.39, 0.29) is 5.75 Å². The number of carboxylic acids is 1. The summed E-state index contributed by atoms with van der Waals surface area (Å²) in [5.74, 6) is -0.0870. The van der Waals surface area contributed by atoms with E-state index in [2.05, 4.69) is 15.3 Å². The van der Waals surface area contributed by atoms with Crippen molar-refractivity contribution in [1.82, 2.24) is 5.43 Å². The molecular weight excluding hydrogens is 308 g/mol. The van der Waals surface area contributed by atoms with E-state index in [1.54, 1.807) is 26.2 Å². The maximum Gasteiger partial charge on any atom is 0.427 e. The van der Waals surface area contributed by atoms with Gasteiger partial charge in [0.25, 0.3) is 0 Å². The highest BCUT2D eigenvalue weighted by molar-refractivity contribution is 7.99. The first-order valence-corrected chi connectivity index (χ1v) is 7.46. The number of aliphatic carboxylic acids is 1. The van der Waals surface area contributed by atoms with E-state index in [0.29, 0.717) is 17.2 Å². The van der Waals surface area contributed by atoms with E-state index in [0.717, 1.165) is 11.1 Å². The average Bonchev–Trinajstić information content (AvgIpc) is 2.51. The van der Waals surface area contributed by atoms with Crippen molar-refractivity contribution in [3.8, 4) is 5.75 Å². The highest BCUT2D eigenvalue weighted by atomic mass is 32.2. The molecule has 0 bridgehead atoms. The van der Waals surface area contributed by atoms with Gasteiger partial charge < -0.3 is 19.4 Å². The van der Waals surface area contributed by atoms with Gasteiger partial charge in [-0.2, -0.15) is 16.9 Å². The molecule has 120 valence electrons. The Morgan fingerprint density at radius 3 is 2.68 bits per heavy atom. The Morgan fingerprint density at radius 2 is 2.09 bits per heavy atom. The number of amides is 1. The number of carbonyl (C=O) groups is 2. The Kier molecular flexibility index (Phi) is 7.24. The predicted molar refractivity (Wildman–Crippen MR) is 81.9 cm³/mol. The first-order chi connectivity index (χ1) is 10.5. The summed E-state index contributed by atoms with van der Waals surface area (Å²) in [5.41, 5.74) is 4.43. The van der Waals surface area contributed by atoms with Gasteiger partial charge in [0.05, 0.1) is 25.9 Å². The minimum absolute atomic E-state index is 0.0929. The largest absolute Gasteiger partial charge is 0.549 e. The number of rotatable bonds is 7. The molecule has 0 unspecified atom stereocenters. The first-order valence-electron chi connectivity index (χ1n) is 6.31. The molecule has 1 amide bonds. The lowest BCUT2D eigenvalue weighted by molar-refractivity contribution is -0.301. The lowest BCUT2D eigenvalue weighted by atomic mass is 10.1. The second-order valence-electron chi connectivity index (χ2n) is 4.19. The molecule has 0 heterocycles. The monoisotopic (exact) mass is 325 g/mol. The minimum Gasteiger partial charge on any atom is -0.549 e. The Labute approximate surface area is 132 Å². The fraction of sp³-hybridized carbons (Fsp3) is 0.357. The van der Waals surface area contributed by atoms with E-state index in [9.17, 15) is 14.7 Å². The van der Waals surface area contributed by atoms with Gasteiger partial charge in [-0.1, -0.05) is 0 Å². The summed E-state index contributed by atoms with van der Waals surface area (Å²) in [6, 6.07) is 5.39. The zero-order valence-corrected chi connectivity index (χ0v) is 13.4. The number of methoxy groups -OCH3 is 2. The highest BCUT2D eigenvalue weighted by Crippen LogP contribution is 2.24. The maximum atomic E-state index is 11.0. The molecule has 1 N–H and O–H groups in total. The quantitative estimate of drug-likeness (QED) is 0.587. The van der Waals surface area contributed by atoms with Gasteiger partial charge >= 0.3 is 6.09 Å². The van der Waals surface area contributed by atoms with E-state index in [1.807, 2.05) is 6.07 Å². The van der Waals surface area contributed by atoms with Crippen LogP contribution < -0.4 is 15.3 Å². The van der Waals surface area contributed by atoms with Gasteiger partial charge in [0.2, 0.25) is 0 Å². The molecule has 0 saturated carbocycles. The topological polar surface area (TPSA) is 100 Å². The van der Waals surface area contributed by atoms with Gasteiger partial charge in [-0.25, -0.2) is 10.2 Å². The number of thioether (sulfide) groups is 1. The van der Waals surface area contributed by atoms with E-state index >= 15 is 0 Å². The molecule has 0 aromatic heterocycles. The molecule has 0 aliphatic heterocycles. The third kappa shape index (κ3) is 5.65. The second-order valence-corrected chi connectivity index (χ2v) is 5.18. The standard InChI is InChI=1S/C14H18N2O5S/c1-9(15-16-14(19)21-3)10-4-5-12(20-2)11(6-10)7-22-8-13(17)18/h4-6H,7-8H2,1-3H3,(H,16,19)(H,17,18)/p-1/b15-9-. The van der Waals surface area contributed by atoms with Crippen LogP contribution in [0.3, 0.4) is 0 Å². The number of hydrogen-bond acceptors (Lipinski definition) is 7. The number of carbonyl (C=O) groups excluding carboxylic acids is 2. The number of hydrazone groups is 1. The average molecular weight is 325 g/mol. The summed E-state index contributed by atoms with van der Waals surface area (Å²) in [4.78, 5) is 21.5. The summed E-state index contributed by atoms with van der Waals surface area (Å²) in [5, 5.41) is 14.4. The molecule has 0 saturated heterocycles. The molecule has 1 aromatic rings. The summed E-state index contributed by atoms with van der Waals surface area (Å²) < 4.78 is 9.68. The summed E-state index contributed by atoms with van der Waals surface area (Å²) >= 11 is 1.21. The lowest BCUT2D eigenvalue weighted by Crippen LogP contribution is -2.24. The normalized spacial score (nSPS) is 11.0. The van der Waals surface area contributed by atoms with Gasteiger partial charge in [0.15, 0.2) is 0 Å². The zero-order chi connectivity index (χ0) is 16.5. The van der Waals surface area contributed by atoms with Crippen molar-refractivity contribution in [2.45, 2.75) is 12.7 Å². The van der Waals surface area contributed by atoms with Gasteiger partial charge in [-0.05, 0) is 30.7 Å². The Balaban J connectivity index is 2.88. The number of hydrogen-bond donors (Lipinski definition) is 1. The number of carboxylic acid groups (broad SMARTS) is 1. The van der Waals surface area contributed by atoms with Crippen LogP contribution in [-0.4, -0.2) is 37.7 Å². The number of ether oxygens (including phenoxy) is 2. The molecule has 0 atom stereocenters. The Bertz CT molecular complexity index is 574. The van der Waals surface area contributed by atoms with Gasteiger partial charge in [-0.15, -0.1) is 0 Å². The molecule has 7 nitrogen and oxygen atoms in total. The van der Waals surface area contributed by atoms with Crippen LogP contribution in [0.1, 0.15) is 18.1 Å². The smallest absolute Gasteiger partial charge is 0.427 e. The van der Waals surface area contributed by atoms with E-state index < -0.39 is 12.1 Å². The first kappa shape index (κ1) is 17.8. The van der Waals surface area contributed by atoms with Crippen LogP contribution in [0.15, 0.2) is 23.3 Å². The Morgan fingerprint density at radius 1 is 1.36 bits per heavy atom. The van der Waals surface area contributed by atoms with Gasteiger partial charge in [-0.3, -0.25) is 0 Å². The van der Waals surface area contributed by atoms with E-state index in [1.165, 1.54) is 18.9 Å². The molecule has 0 spiro atoms.